The molecule has 9 heteroatoms. The number of nitrogens with zero attached hydrogens (tertiary/aromatic N) is 5. The van der Waals surface area contributed by atoms with Gasteiger partial charge in [0.25, 0.3) is 5.91 Å². The first-order valence-electron chi connectivity index (χ1n) is 8.30. The van der Waals surface area contributed by atoms with Crippen LogP contribution in [-0.4, -0.2) is 26.7 Å². The third-order valence-electron chi connectivity index (χ3n) is 4.11. The average Bonchev–Trinajstić information content (AvgIpc) is 3.01. The number of nitrogens with one attached hydrogen (secondary N) is 1. The third kappa shape index (κ3) is 3.38. The molecule has 3 aromatic rings. The number of hydrazine groups is 1. The van der Waals surface area contributed by atoms with Crippen LogP contribution in [0.15, 0.2) is 30.5 Å². The highest BCUT2D eigenvalue weighted by Gasteiger charge is 2.20. The van der Waals surface area contributed by atoms with Gasteiger partial charge < -0.3 is 11.1 Å². The summed E-state index contributed by atoms with van der Waals surface area (Å²) in [7, 11) is 1.83. The summed E-state index contributed by atoms with van der Waals surface area (Å²) >= 11 is 0. The largest absolute Gasteiger partial charge is 0.365 e. The molecule has 9 nitrogen and oxygen atoms in total. The zero-order chi connectivity index (χ0) is 19.7. The van der Waals surface area contributed by atoms with E-state index in [-0.39, 0.29) is 28.8 Å². The van der Waals surface area contributed by atoms with E-state index in [9.17, 15) is 10.1 Å². The Bertz CT molecular complexity index is 1060. The Morgan fingerprint density at radius 2 is 2.15 bits per heavy atom. The molecule has 27 heavy (non-hydrogen) atoms. The summed E-state index contributed by atoms with van der Waals surface area (Å²) in [6.45, 7) is 3.74. The number of fused-ring (bicyclic) bond motifs is 1. The molecule has 0 saturated heterocycles. The van der Waals surface area contributed by atoms with Crippen molar-refractivity contribution in [3.8, 4) is 6.07 Å². The standard InChI is InChI=1S/C18H20N8O/c1-10(2)26(21)18-11(8-19)7-12(16(20)27)17(23-18)22-14-5-4-6-15-13(14)9-25(3)24-15/h4-7,9-10H,21H2,1-3H3,(H2,20,27)(H,22,23). The van der Waals surface area contributed by atoms with Crippen LogP contribution < -0.4 is 21.9 Å². The molecule has 0 fully saturated rings. The fraction of sp³-hybridized carbons (Fsp3) is 0.222. The lowest BCUT2D eigenvalue weighted by molar-refractivity contribution is 0.100. The van der Waals surface area contributed by atoms with Gasteiger partial charge in [-0.25, -0.2) is 10.8 Å². The zero-order valence-electron chi connectivity index (χ0n) is 15.3. The molecular weight excluding hydrogens is 344 g/mol. The molecule has 3 rings (SSSR count). The molecule has 0 aliphatic carbocycles. The summed E-state index contributed by atoms with van der Waals surface area (Å²) < 4.78 is 1.70. The Hall–Kier alpha value is -3.64. The first-order valence-corrected chi connectivity index (χ1v) is 8.30. The molecule has 0 saturated carbocycles. The number of hydrogen-bond acceptors (Lipinski definition) is 7. The van der Waals surface area contributed by atoms with Gasteiger partial charge in [0, 0.05) is 24.7 Å². The van der Waals surface area contributed by atoms with Gasteiger partial charge in [0.1, 0.15) is 11.9 Å². The summed E-state index contributed by atoms with van der Waals surface area (Å²) in [5, 5.41) is 19.2. The lowest BCUT2D eigenvalue weighted by Crippen LogP contribution is -2.39. The second-order valence-corrected chi connectivity index (χ2v) is 6.40. The first-order chi connectivity index (χ1) is 12.8. The number of carbonyl (C=O) groups is 1. The van der Waals surface area contributed by atoms with Crippen LogP contribution in [0.4, 0.5) is 17.3 Å². The van der Waals surface area contributed by atoms with Gasteiger partial charge in [-0.05, 0) is 32.0 Å². The van der Waals surface area contributed by atoms with Crippen LogP contribution in [0.3, 0.4) is 0 Å². The molecular formula is C18H20N8O. The van der Waals surface area contributed by atoms with E-state index in [0.29, 0.717) is 5.69 Å². The van der Waals surface area contributed by atoms with Crippen LogP contribution in [0.1, 0.15) is 29.8 Å². The molecule has 0 spiro atoms. The summed E-state index contributed by atoms with van der Waals surface area (Å²) in [6, 6.07) is 8.89. The molecule has 0 unspecified atom stereocenters. The zero-order valence-corrected chi connectivity index (χ0v) is 15.3. The fourth-order valence-corrected chi connectivity index (χ4v) is 2.71. The molecule has 1 amide bonds. The van der Waals surface area contributed by atoms with E-state index in [1.165, 1.54) is 11.1 Å². The molecule has 138 valence electrons. The minimum Gasteiger partial charge on any atom is -0.365 e. The molecule has 2 aromatic heterocycles. The molecule has 5 N–H and O–H groups in total. The van der Waals surface area contributed by atoms with E-state index >= 15 is 0 Å². The quantitative estimate of drug-likeness (QED) is 0.463. The number of carbonyl (C=O) groups excluding carboxylic acids is 1. The maximum atomic E-state index is 11.9. The second kappa shape index (κ2) is 6.93. The summed E-state index contributed by atoms with van der Waals surface area (Å²) in [5.41, 5.74) is 7.28. The lowest BCUT2D eigenvalue weighted by atomic mass is 10.1. The lowest BCUT2D eigenvalue weighted by Gasteiger charge is -2.24. The molecule has 0 radical (unpaired) electrons. The molecule has 0 atom stereocenters. The Labute approximate surface area is 156 Å². The van der Waals surface area contributed by atoms with Crippen molar-refractivity contribution in [3.05, 3.63) is 41.6 Å². The van der Waals surface area contributed by atoms with Crippen molar-refractivity contribution in [2.24, 2.45) is 18.6 Å². The molecule has 0 bridgehead atoms. The Balaban J connectivity index is 2.17. The monoisotopic (exact) mass is 364 g/mol. The number of benzene rings is 1. The third-order valence-corrected chi connectivity index (χ3v) is 4.11. The summed E-state index contributed by atoms with van der Waals surface area (Å²) in [6.07, 6.45) is 1.86. The van der Waals surface area contributed by atoms with Gasteiger partial charge in [0.15, 0.2) is 5.82 Å². The highest BCUT2D eigenvalue weighted by atomic mass is 16.1. The van der Waals surface area contributed by atoms with Gasteiger partial charge in [-0.3, -0.25) is 14.5 Å². The van der Waals surface area contributed by atoms with Gasteiger partial charge in [-0.1, -0.05) is 6.07 Å². The maximum Gasteiger partial charge on any atom is 0.252 e. The van der Waals surface area contributed by atoms with Crippen molar-refractivity contribution >= 4 is 34.1 Å². The van der Waals surface area contributed by atoms with Gasteiger partial charge in [-0.2, -0.15) is 10.4 Å². The predicted octanol–water partition coefficient (Wildman–Crippen LogP) is 1.77. The highest BCUT2D eigenvalue weighted by molar-refractivity contribution is 6.01. The number of nitriles is 1. The van der Waals surface area contributed by atoms with Crippen LogP contribution in [0, 0.1) is 11.3 Å². The van der Waals surface area contributed by atoms with Crippen LogP contribution in [0.2, 0.25) is 0 Å². The van der Waals surface area contributed by atoms with Crippen molar-refractivity contribution in [3.63, 3.8) is 0 Å². The minimum atomic E-state index is -0.695. The molecule has 0 aliphatic heterocycles. The number of aromatic nitrogens is 3. The van der Waals surface area contributed by atoms with Gasteiger partial charge >= 0.3 is 0 Å². The Morgan fingerprint density at radius 3 is 2.78 bits per heavy atom. The summed E-state index contributed by atoms with van der Waals surface area (Å²) in [4.78, 5) is 16.4. The van der Waals surface area contributed by atoms with E-state index in [4.69, 9.17) is 11.6 Å². The number of pyridine rings is 1. The minimum absolute atomic E-state index is 0.0985. The number of anilines is 3. The van der Waals surface area contributed by atoms with Crippen LogP contribution in [0.25, 0.3) is 10.9 Å². The van der Waals surface area contributed by atoms with Crippen molar-refractivity contribution in [1.82, 2.24) is 14.8 Å². The van der Waals surface area contributed by atoms with Gasteiger partial charge in [0.2, 0.25) is 0 Å². The smallest absolute Gasteiger partial charge is 0.252 e. The van der Waals surface area contributed by atoms with E-state index in [0.717, 1.165) is 10.9 Å². The van der Waals surface area contributed by atoms with Crippen LogP contribution in [-0.2, 0) is 7.05 Å². The van der Waals surface area contributed by atoms with E-state index < -0.39 is 5.91 Å². The number of rotatable bonds is 5. The average molecular weight is 364 g/mol. The summed E-state index contributed by atoms with van der Waals surface area (Å²) in [5.74, 6) is 5.85. The highest BCUT2D eigenvalue weighted by Crippen LogP contribution is 2.29. The number of amides is 1. The molecule has 2 heterocycles. The number of primary amides is 1. The SMILES string of the molecule is CC(C)N(N)c1nc(Nc2cccc3nn(C)cc23)c(C(N)=O)cc1C#N. The number of nitrogens with two attached hydrogens (primary N) is 2. The van der Waals surface area contributed by atoms with E-state index in [2.05, 4.69) is 15.4 Å². The fourth-order valence-electron chi connectivity index (χ4n) is 2.71. The normalized spacial score (nSPS) is 10.8. The second-order valence-electron chi connectivity index (χ2n) is 6.40. The van der Waals surface area contributed by atoms with Crippen molar-refractivity contribution in [1.29, 1.82) is 5.26 Å². The first kappa shape index (κ1) is 18.2. The topological polar surface area (TPSA) is 139 Å². The molecule has 0 aliphatic rings. The van der Waals surface area contributed by atoms with Gasteiger partial charge in [0.05, 0.1) is 22.3 Å². The van der Waals surface area contributed by atoms with Crippen LogP contribution in [0.5, 0.6) is 0 Å². The maximum absolute atomic E-state index is 11.9. The van der Waals surface area contributed by atoms with Gasteiger partial charge in [-0.15, -0.1) is 0 Å². The van der Waals surface area contributed by atoms with E-state index in [1.54, 1.807) is 4.68 Å². The number of hydrogen-bond donors (Lipinski definition) is 3. The van der Waals surface area contributed by atoms with Crippen molar-refractivity contribution in [2.45, 2.75) is 19.9 Å². The molecule has 1 aromatic carbocycles. The van der Waals surface area contributed by atoms with E-state index in [1.807, 2.05) is 51.4 Å². The van der Waals surface area contributed by atoms with Crippen molar-refractivity contribution < 1.29 is 4.79 Å². The Morgan fingerprint density at radius 1 is 1.41 bits per heavy atom. The predicted molar refractivity (Wildman–Crippen MR) is 103 cm³/mol. The van der Waals surface area contributed by atoms with Crippen LogP contribution >= 0.6 is 0 Å². The number of aryl methyl sites for hydroxylation is 1. The Kier molecular flexibility index (Phi) is 4.66. The van der Waals surface area contributed by atoms with Crippen molar-refractivity contribution in [2.75, 3.05) is 10.3 Å².